The smallest absolute Gasteiger partial charge is 0.220 e. The van der Waals surface area contributed by atoms with E-state index in [1.807, 2.05) is 24.3 Å². The third-order valence-corrected chi connectivity index (χ3v) is 6.74. The van der Waals surface area contributed by atoms with Crippen LogP contribution in [0.2, 0.25) is 0 Å². The van der Waals surface area contributed by atoms with Crippen molar-refractivity contribution >= 4 is 16.8 Å². The second-order valence-electron chi connectivity index (χ2n) is 11.2. The first-order valence-corrected chi connectivity index (χ1v) is 12.8. The number of benzene rings is 3. The molecule has 0 radical (unpaired) electrons. The van der Waals surface area contributed by atoms with Crippen LogP contribution in [0.1, 0.15) is 69.2 Å². The summed E-state index contributed by atoms with van der Waals surface area (Å²) in [6.45, 7) is 12.1. The highest BCUT2D eigenvalue weighted by atomic mass is 19.1. The highest BCUT2D eigenvalue weighted by Gasteiger charge is 2.24. The van der Waals surface area contributed by atoms with Gasteiger partial charge >= 0.3 is 0 Å². The number of hydrogen-bond donors (Lipinski definition) is 1. The number of para-hydroxylation sites is 1. The number of carbonyl (C=O) groups excluding carboxylic acids is 1. The van der Waals surface area contributed by atoms with Gasteiger partial charge in [0.25, 0.3) is 0 Å². The fraction of sp³-hybridized carbons (Fsp3) is 0.344. The molecule has 188 valence electrons. The molecule has 1 atom stereocenters. The molecule has 3 aromatic carbocycles. The number of nitrogens with one attached hydrogen (secondary N) is 1. The summed E-state index contributed by atoms with van der Waals surface area (Å²) in [5.41, 5.74) is 5.74. The molecule has 0 aliphatic carbocycles. The lowest BCUT2D eigenvalue weighted by atomic mass is 9.83. The van der Waals surface area contributed by atoms with Gasteiger partial charge in [-0.05, 0) is 51.8 Å². The molecular formula is C32H37FN2O. The summed E-state index contributed by atoms with van der Waals surface area (Å²) in [6, 6.07) is 23.7. The zero-order valence-electron chi connectivity index (χ0n) is 22.0. The van der Waals surface area contributed by atoms with Crippen LogP contribution in [-0.4, -0.2) is 17.0 Å². The van der Waals surface area contributed by atoms with Crippen molar-refractivity contribution in [3.05, 3.63) is 107 Å². The van der Waals surface area contributed by atoms with Gasteiger partial charge in [-0.2, -0.15) is 0 Å². The molecular weight excluding hydrogens is 447 g/mol. The molecule has 0 saturated heterocycles. The van der Waals surface area contributed by atoms with Gasteiger partial charge in [0.05, 0.1) is 0 Å². The summed E-state index contributed by atoms with van der Waals surface area (Å²) < 4.78 is 15.7. The summed E-state index contributed by atoms with van der Waals surface area (Å²) in [4.78, 5) is 13.0. The molecule has 4 heteroatoms. The van der Waals surface area contributed by atoms with Gasteiger partial charge in [-0.25, -0.2) is 4.39 Å². The third-order valence-electron chi connectivity index (χ3n) is 6.74. The molecule has 1 amide bonds. The Morgan fingerprint density at radius 3 is 2.25 bits per heavy atom. The van der Waals surface area contributed by atoms with E-state index in [0.717, 1.165) is 27.6 Å². The second kappa shape index (κ2) is 10.7. The number of amides is 1. The first kappa shape index (κ1) is 25.7. The summed E-state index contributed by atoms with van der Waals surface area (Å²) in [5, 5.41) is 4.25. The third kappa shape index (κ3) is 6.04. The van der Waals surface area contributed by atoms with Gasteiger partial charge in [0.2, 0.25) is 5.91 Å². The lowest BCUT2D eigenvalue weighted by molar-refractivity contribution is -0.121. The van der Waals surface area contributed by atoms with Crippen molar-refractivity contribution in [3.63, 3.8) is 0 Å². The monoisotopic (exact) mass is 484 g/mol. The van der Waals surface area contributed by atoms with Crippen molar-refractivity contribution in [2.24, 2.45) is 5.92 Å². The first-order chi connectivity index (χ1) is 17.1. The van der Waals surface area contributed by atoms with Crippen LogP contribution in [0.25, 0.3) is 10.9 Å². The molecule has 1 heterocycles. The van der Waals surface area contributed by atoms with E-state index >= 15 is 0 Å². The summed E-state index contributed by atoms with van der Waals surface area (Å²) in [5.74, 6) is 0.147. The normalized spacial score (nSPS) is 12.8. The van der Waals surface area contributed by atoms with E-state index in [4.69, 9.17) is 0 Å². The second-order valence-corrected chi connectivity index (χ2v) is 11.2. The van der Waals surface area contributed by atoms with E-state index in [9.17, 15) is 9.18 Å². The molecule has 0 aliphatic heterocycles. The Morgan fingerprint density at radius 1 is 0.944 bits per heavy atom. The maximum absolute atomic E-state index is 13.5. The Morgan fingerprint density at radius 2 is 1.61 bits per heavy atom. The van der Waals surface area contributed by atoms with Gasteiger partial charge in [0, 0.05) is 42.5 Å². The van der Waals surface area contributed by atoms with Crippen LogP contribution in [0.4, 0.5) is 4.39 Å². The van der Waals surface area contributed by atoms with E-state index < -0.39 is 0 Å². The number of hydrogen-bond acceptors (Lipinski definition) is 1. The maximum Gasteiger partial charge on any atom is 0.220 e. The molecule has 0 unspecified atom stereocenters. The Hall–Kier alpha value is -3.40. The van der Waals surface area contributed by atoms with Crippen LogP contribution in [0.5, 0.6) is 0 Å². The lowest BCUT2D eigenvalue weighted by Gasteiger charge is -2.22. The molecule has 4 rings (SSSR count). The number of halogens is 1. The predicted molar refractivity (Wildman–Crippen MR) is 147 cm³/mol. The molecule has 36 heavy (non-hydrogen) atoms. The van der Waals surface area contributed by atoms with Gasteiger partial charge in [-0.1, -0.05) is 89.2 Å². The number of rotatable bonds is 8. The maximum atomic E-state index is 13.5. The van der Waals surface area contributed by atoms with Crippen molar-refractivity contribution in [3.8, 4) is 0 Å². The number of fused-ring (bicyclic) bond motifs is 1. The minimum absolute atomic E-state index is 0.0592. The Balaban J connectivity index is 1.76. The van der Waals surface area contributed by atoms with Crippen molar-refractivity contribution in [2.75, 3.05) is 6.54 Å². The van der Waals surface area contributed by atoms with E-state index in [1.54, 1.807) is 0 Å². The minimum Gasteiger partial charge on any atom is -0.356 e. The standard InChI is InChI=1S/C32H37FN2O/c1-22(2)19-34-31(36)18-28(24-12-14-25(15-13-24)32(3,4)5)29-21-35(30-9-7-6-8-27(29)30)20-23-10-16-26(33)17-11-23/h6-17,21-22,28H,18-20H2,1-5H3,(H,34,36)/t28-/m0/s1. The number of carbonyl (C=O) groups is 1. The molecule has 1 aromatic heterocycles. The van der Waals surface area contributed by atoms with Crippen LogP contribution >= 0.6 is 0 Å². The largest absolute Gasteiger partial charge is 0.356 e. The van der Waals surface area contributed by atoms with E-state index in [1.165, 1.54) is 17.7 Å². The van der Waals surface area contributed by atoms with Crippen molar-refractivity contribution < 1.29 is 9.18 Å². The molecule has 0 bridgehead atoms. The molecule has 4 aromatic rings. The van der Waals surface area contributed by atoms with Gasteiger partial charge in [0.15, 0.2) is 0 Å². The minimum atomic E-state index is -0.233. The van der Waals surface area contributed by atoms with E-state index in [2.05, 4.69) is 87.1 Å². The predicted octanol–water partition coefficient (Wildman–Crippen LogP) is 7.42. The highest BCUT2D eigenvalue weighted by Crippen LogP contribution is 2.36. The van der Waals surface area contributed by atoms with Crippen LogP contribution in [0, 0.1) is 11.7 Å². The van der Waals surface area contributed by atoms with Crippen LogP contribution in [0.15, 0.2) is 79.0 Å². The van der Waals surface area contributed by atoms with Crippen LogP contribution in [-0.2, 0) is 16.8 Å². The van der Waals surface area contributed by atoms with Crippen molar-refractivity contribution in [1.82, 2.24) is 9.88 Å². The molecule has 0 spiro atoms. The highest BCUT2D eigenvalue weighted by molar-refractivity contribution is 5.86. The van der Waals surface area contributed by atoms with E-state index in [-0.39, 0.29) is 23.1 Å². The summed E-state index contributed by atoms with van der Waals surface area (Å²) in [6.07, 6.45) is 2.55. The Labute approximate surface area is 214 Å². The average molecular weight is 485 g/mol. The fourth-order valence-corrected chi connectivity index (χ4v) is 4.67. The Bertz CT molecular complexity index is 1310. The topological polar surface area (TPSA) is 34.0 Å². The van der Waals surface area contributed by atoms with Crippen molar-refractivity contribution in [2.45, 2.75) is 58.9 Å². The summed E-state index contributed by atoms with van der Waals surface area (Å²) in [7, 11) is 0. The van der Waals surface area contributed by atoms with Gasteiger partial charge in [0.1, 0.15) is 5.82 Å². The van der Waals surface area contributed by atoms with Gasteiger partial charge in [-0.3, -0.25) is 4.79 Å². The SMILES string of the molecule is CC(C)CNC(=O)C[C@@H](c1ccc(C(C)(C)C)cc1)c1cn(Cc2ccc(F)cc2)c2ccccc12. The van der Waals surface area contributed by atoms with Crippen LogP contribution in [0.3, 0.4) is 0 Å². The van der Waals surface area contributed by atoms with E-state index in [0.29, 0.717) is 25.4 Å². The van der Waals surface area contributed by atoms with Crippen molar-refractivity contribution in [1.29, 1.82) is 0 Å². The molecule has 0 saturated carbocycles. The molecule has 3 nitrogen and oxygen atoms in total. The zero-order valence-corrected chi connectivity index (χ0v) is 22.0. The quantitative estimate of drug-likeness (QED) is 0.277. The number of aromatic nitrogens is 1. The fourth-order valence-electron chi connectivity index (χ4n) is 4.67. The molecule has 0 aliphatic rings. The molecule has 0 fully saturated rings. The van der Waals surface area contributed by atoms with Gasteiger partial charge < -0.3 is 9.88 Å². The molecule has 1 N–H and O–H groups in total. The number of nitrogens with zero attached hydrogens (tertiary/aromatic N) is 1. The Kier molecular flexibility index (Phi) is 7.63. The summed E-state index contributed by atoms with van der Waals surface area (Å²) >= 11 is 0. The first-order valence-electron chi connectivity index (χ1n) is 12.8. The average Bonchev–Trinajstić information content (AvgIpc) is 3.20. The van der Waals surface area contributed by atoms with Crippen LogP contribution < -0.4 is 5.32 Å². The zero-order chi connectivity index (χ0) is 25.9. The lowest BCUT2D eigenvalue weighted by Crippen LogP contribution is -2.28. The van der Waals surface area contributed by atoms with Gasteiger partial charge in [-0.15, -0.1) is 0 Å².